The summed E-state index contributed by atoms with van der Waals surface area (Å²) in [5.74, 6) is -1.03. The van der Waals surface area contributed by atoms with Gasteiger partial charge < -0.3 is 15.4 Å². The summed E-state index contributed by atoms with van der Waals surface area (Å²) in [6, 6.07) is 15.3. The monoisotopic (exact) mass is 469 g/mol. The number of hydrogen-bond donors (Lipinski definition) is 2. The van der Waals surface area contributed by atoms with E-state index in [-0.39, 0.29) is 24.4 Å². The van der Waals surface area contributed by atoms with Crippen LogP contribution in [0.2, 0.25) is 0 Å². The second-order valence-corrected chi connectivity index (χ2v) is 7.81. The average molecular weight is 470 g/mol. The SMILES string of the molecule is CCCCN1C(=O)NC(c2cccc(NC(=O)CCl)c2)C(C(=O)OCC)=C1c1ccccc1. The van der Waals surface area contributed by atoms with Gasteiger partial charge in [-0.3, -0.25) is 9.69 Å². The number of halogens is 1. The first-order valence-corrected chi connectivity index (χ1v) is 11.5. The molecule has 1 aliphatic rings. The van der Waals surface area contributed by atoms with E-state index in [2.05, 4.69) is 10.6 Å². The van der Waals surface area contributed by atoms with Gasteiger partial charge in [0.25, 0.3) is 0 Å². The summed E-state index contributed by atoms with van der Waals surface area (Å²) in [5, 5.41) is 5.67. The molecule has 0 bridgehead atoms. The number of benzene rings is 2. The molecule has 1 heterocycles. The Labute approximate surface area is 198 Å². The molecule has 0 fully saturated rings. The van der Waals surface area contributed by atoms with E-state index in [0.717, 1.165) is 18.4 Å². The maximum Gasteiger partial charge on any atom is 0.338 e. The van der Waals surface area contributed by atoms with Crippen molar-refractivity contribution in [2.75, 3.05) is 24.3 Å². The van der Waals surface area contributed by atoms with E-state index in [1.807, 2.05) is 37.3 Å². The Morgan fingerprint density at radius 2 is 1.88 bits per heavy atom. The molecule has 2 aromatic rings. The predicted octanol–water partition coefficient (Wildman–Crippen LogP) is 4.70. The number of amides is 3. The fourth-order valence-corrected chi connectivity index (χ4v) is 3.82. The van der Waals surface area contributed by atoms with E-state index in [1.54, 1.807) is 36.1 Å². The van der Waals surface area contributed by atoms with Crippen LogP contribution in [0.15, 0.2) is 60.2 Å². The highest BCUT2D eigenvalue weighted by Crippen LogP contribution is 2.37. The van der Waals surface area contributed by atoms with Crippen LogP contribution < -0.4 is 10.6 Å². The molecule has 0 saturated carbocycles. The molecule has 3 amide bonds. The number of esters is 1. The van der Waals surface area contributed by atoms with Gasteiger partial charge in [-0.2, -0.15) is 0 Å². The maximum absolute atomic E-state index is 13.3. The third-order valence-corrected chi connectivity index (χ3v) is 5.47. The standard InChI is InChI=1S/C25H28ClN3O4/c1-3-5-14-29-23(17-10-7-6-8-11-17)21(24(31)33-4-2)22(28-25(29)32)18-12-9-13-19(15-18)27-20(30)16-26/h6-13,15,22H,3-5,14,16H2,1-2H3,(H,27,30)(H,28,32). The van der Waals surface area contributed by atoms with Crippen molar-refractivity contribution in [1.82, 2.24) is 10.2 Å². The van der Waals surface area contributed by atoms with E-state index < -0.39 is 12.0 Å². The van der Waals surface area contributed by atoms with Crippen molar-refractivity contribution in [3.63, 3.8) is 0 Å². The van der Waals surface area contributed by atoms with E-state index >= 15 is 0 Å². The van der Waals surface area contributed by atoms with Crippen LogP contribution in [0, 0.1) is 0 Å². The van der Waals surface area contributed by atoms with Crippen molar-refractivity contribution in [2.24, 2.45) is 0 Å². The van der Waals surface area contributed by atoms with Gasteiger partial charge in [-0.1, -0.05) is 55.8 Å². The predicted molar refractivity (Wildman–Crippen MR) is 129 cm³/mol. The molecule has 0 aliphatic carbocycles. The number of urea groups is 1. The molecular weight excluding hydrogens is 442 g/mol. The van der Waals surface area contributed by atoms with E-state index in [9.17, 15) is 14.4 Å². The molecule has 1 aliphatic heterocycles. The number of unbranched alkanes of at least 4 members (excludes halogenated alkanes) is 1. The number of carbonyl (C=O) groups excluding carboxylic acids is 3. The second-order valence-electron chi connectivity index (χ2n) is 7.54. The van der Waals surface area contributed by atoms with E-state index in [4.69, 9.17) is 16.3 Å². The molecule has 1 atom stereocenters. The summed E-state index contributed by atoms with van der Waals surface area (Å²) in [4.78, 5) is 39.9. The Bertz CT molecular complexity index is 1040. The van der Waals surface area contributed by atoms with Gasteiger partial charge in [0.15, 0.2) is 0 Å². The smallest absolute Gasteiger partial charge is 0.338 e. The molecule has 2 N–H and O–H groups in total. The average Bonchev–Trinajstić information content (AvgIpc) is 2.83. The zero-order chi connectivity index (χ0) is 23.8. The molecule has 1 unspecified atom stereocenters. The molecule has 2 aromatic carbocycles. The number of nitrogens with zero attached hydrogens (tertiary/aromatic N) is 1. The molecule has 174 valence electrons. The Kier molecular flexibility index (Phi) is 8.49. The van der Waals surface area contributed by atoms with Crippen molar-refractivity contribution in [3.05, 3.63) is 71.3 Å². The first kappa shape index (κ1) is 24.3. The highest BCUT2D eigenvalue weighted by atomic mass is 35.5. The van der Waals surface area contributed by atoms with Gasteiger partial charge >= 0.3 is 12.0 Å². The van der Waals surface area contributed by atoms with Crippen LogP contribution >= 0.6 is 11.6 Å². The number of anilines is 1. The highest BCUT2D eigenvalue weighted by molar-refractivity contribution is 6.29. The quantitative estimate of drug-likeness (QED) is 0.411. The number of ether oxygens (including phenoxy) is 1. The van der Waals surface area contributed by atoms with Crippen LogP contribution in [0.25, 0.3) is 5.70 Å². The Morgan fingerprint density at radius 3 is 2.55 bits per heavy atom. The lowest BCUT2D eigenvalue weighted by atomic mass is 9.91. The zero-order valence-electron chi connectivity index (χ0n) is 18.8. The van der Waals surface area contributed by atoms with Gasteiger partial charge in [0.1, 0.15) is 5.88 Å². The van der Waals surface area contributed by atoms with Crippen molar-refractivity contribution in [1.29, 1.82) is 0 Å². The van der Waals surface area contributed by atoms with Crippen LogP contribution in [0.4, 0.5) is 10.5 Å². The first-order chi connectivity index (χ1) is 16.0. The third-order valence-electron chi connectivity index (χ3n) is 5.23. The molecular formula is C25H28ClN3O4. The summed E-state index contributed by atoms with van der Waals surface area (Å²) < 4.78 is 5.42. The fraction of sp³-hybridized carbons (Fsp3) is 0.320. The van der Waals surface area contributed by atoms with E-state index in [1.165, 1.54) is 0 Å². The number of rotatable bonds is 9. The summed E-state index contributed by atoms with van der Waals surface area (Å²) >= 11 is 5.61. The molecule has 0 saturated heterocycles. The molecule has 33 heavy (non-hydrogen) atoms. The fourth-order valence-electron chi connectivity index (χ4n) is 3.76. The zero-order valence-corrected chi connectivity index (χ0v) is 19.5. The van der Waals surface area contributed by atoms with Crippen LogP contribution in [-0.4, -0.2) is 41.8 Å². The minimum Gasteiger partial charge on any atom is -0.463 e. The summed E-state index contributed by atoms with van der Waals surface area (Å²) in [6.45, 7) is 4.46. The van der Waals surface area contributed by atoms with Crippen molar-refractivity contribution >= 4 is 40.9 Å². The van der Waals surface area contributed by atoms with Crippen molar-refractivity contribution in [2.45, 2.75) is 32.7 Å². The maximum atomic E-state index is 13.3. The highest BCUT2D eigenvalue weighted by Gasteiger charge is 2.38. The van der Waals surface area contributed by atoms with Crippen molar-refractivity contribution in [3.8, 4) is 0 Å². The first-order valence-electron chi connectivity index (χ1n) is 11.0. The lowest BCUT2D eigenvalue weighted by Gasteiger charge is -2.37. The largest absolute Gasteiger partial charge is 0.463 e. The lowest BCUT2D eigenvalue weighted by molar-refractivity contribution is -0.139. The van der Waals surface area contributed by atoms with Gasteiger partial charge in [0.05, 0.1) is 23.9 Å². The van der Waals surface area contributed by atoms with Crippen LogP contribution in [0.5, 0.6) is 0 Å². The van der Waals surface area contributed by atoms with Gasteiger partial charge in [-0.05, 0) is 36.6 Å². The van der Waals surface area contributed by atoms with E-state index in [0.29, 0.717) is 29.1 Å². The number of nitrogens with one attached hydrogen (secondary N) is 2. The van der Waals surface area contributed by atoms with Gasteiger partial charge in [0.2, 0.25) is 5.91 Å². The number of alkyl halides is 1. The molecule has 0 radical (unpaired) electrons. The normalized spacial score (nSPS) is 15.8. The number of carbonyl (C=O) groups is 3. The van der Waals surface area contributed by atoms with Gasteiger partial charge in [-0.15, -0.1) is 11.6 Å². The molecule has 3 rings (SSSR count). The molecule has 7 nitrogen and oxygen atoms in total. The molecule has 0 spiro atoms. The second kappa shape index (κ2) is 11.5. The summed E-state index contributed by atoms with van der Waals surface area (Å²) in [5.41, 5.74) is 2.79. The Balaban J connectivity index is 2.19. The topological polar surface area (TPSA) is 87.7 Å². The molecule has 0 aromatic heterocycles. The third kappa shape index (κ3) is 5.73. The lowest BCUT2D eigenvalue weighted by Crippen LogP contribution is -2.48. The molecule has 8 heteroatoms. The summed E-state index contributed by atoms with van der Waals surface area (Å²) in [6.07, 6.45) is 1.68. The minimum atomic E-state index is -0.752. The van der Waals surface area contributed by atoms with Gasteiger partial charge in [-0.25, -0.2) is 9.59 Å². The number of hydrogen-bond acceptors (Lipinski definition) is 4. The van der Waals surface area contributed by atoms with Crippen LogP contribution in [0.3, 0.4) is 0 Å². The Hall–Kier alpha value is -3.32. The van der Waals surface area contributed by atoms with Gasteiger partial charge in [0, 0.05) is 12.2 Å². The summed E-state index contributed by atoms with van der Waals surface area (Å²) in [7, 11) is 0. The minimum absolute atomic E-state index is 0.178. The van der Waals surface area contributed by atoms with Crippen LogP contribution in [-0.2, 0) is 14.3 Å². The van der Waals surface area contributed by atoms with Crippen molar-refractivity contribution < 1.29 is 19.1 Å². The Morgan fingerprint density at radius 1 is 1.12 bits per heavy atom. The van der Waals surface area contributed by atoms with Crippen LogP contribution in [0.1, 0.15) is 43.9 Å².